The normalized spacial score (nSPS) is 12.2. The van der Waals surface area contributed by atoms with Crippen LogP contribution in [-0.2, 0) is 11.2 Å². The highest BCUT2D eigenvalue weighted by molar-refractivity contribution is 5.44. The third-order valence-corrected chi connectivity index (χ3v) is 2.80. The maximum atomic E-state index is 5.99. The van der Waals surface area contributed by atoms with E-state index in [4.69, 9.17) is 15.2 Å². The monoisotopic (exact) mass is 263 g/mol. The van der Waals surface area contributed by atoms with Crippen LogP contribution in [0, 0.1) is 0 Å². The smallest absolute Gasteiger partial charge is 0.127 e. The minimum absolute atomic E-state index is 0.0451. The van der Waals surface area contributed by atoms with Crippen LogP contribution in [0.2, 0.25) is 0 Å². The summed E-state index contributed by atoms with van der Waals surface area (Å²) in [7, 11) is 0. The van der Waals surface area contributed by atoms with Gasteiger partial charge in [0, 0.05) is 18.2 Å². The fourth-order valence-corrected chi connectivity index (χ4v) is 1.90. The molecule has 0 aliphatic rings. The Morgan fingerprint density at radius 1 is 1.32 bits per heavy atom. The van der Waals surface area contributed by atoms with Gasteiger partial charge in [-0.1, -0.05) is 31.2 Å². The van der Waals surface area contributed by atoms with Crippen molar-refractivity contribution in [1.29, 1.82) is 0 Å². The third-order valence-electron chi connectivity index (χ3n) is 2.80. The number of para-hydroxylation sites is 1. The second-order valence-corrected chi connectivity index (χ2v) is 4.58. The van der Waals surface area contributed by atoms with Crippen LogP contribution >= 0.6 is 0 Å². The van der Waals surface area contributed by atoms with Gasteiger partial charge in [-0.15, -0.1) is 6.58 Å². The lowest BCUT2D eigenvalue weighted by Gasteiger charge is -2.17. The fourth-order valence-electron chi connectivity index (χ4n) is 1.90. The topological polar surface area (TPSA) is 44.5 Å². The van der Waals surface area contributed by atoms with Crippen LogP contribution in [0.1, 0.15) is 37.4 Å². The van der Waals surface area contributed by atoms with Crippen molar-refractivity contribution < 1.29 is 9.47 Å². The summed E-state index contributed by atoms with van der Waals surface area (Å²) in [5, 5.41) is 0. The van der Waals surface area contributed by atoms with Crippen LogP contribution in [0.15, 0.2) is 30.9 Å². The van der Waals surface area contributed by atoms with Crippen LogP contribution in [0.25, 0.3) is 0 Å². The van der Waals surface area contributed by atoms with E-state index >= 15 is 0 Å². The van der Waals surface area contributed by atoms with Gasteiger partial charge in [-0.2, -0.15) is 0 Å². The minimum Gasteiger partial charge on any atom is -0.491 e. The molecule has 0 spiro atoms. The first kappa shape index (κ1) is 15.7. The van der Waals surface area contributed by atoms with Gasteiger partial charge in [-0.05, 0) is 25.3 Å². The summed E-state index contributed by atoms with van der Waals surface area (Å²) in [6.07, 6.45) is 3.69. The quantitative estimate of drug-likeness (QED) is 0.549. The van der Waals surface area contributed by atoms with Crippen molar-refractivity contribution in [1.82, 2.24) is 0 Å². The molecule has 2 N–H and O–H groups in total. The molecule has 1 unspecified atom stereocenters. The lowest BCUT2D eigenvalue weighted by molar-refractivity contribution is 0.0998. The Morgan fingerprint density at radius 3 is 2.74 bits per heavy atom. The highest BCUT2D eigenvalue weighted by Gasteiger charge is 2.12. The van der Waals surface area contributed by atoms with Crippen molar-refractivity contribution in [3.8, 4) is 5.75 Å². The predicted octanol–water partition coefficient (Wildman–Crippen LogP) is 3.24. The molecule has 0 fully saturated rings. The summed E-state index contributed by atoms with van der Waals surface area (Å²) in [6.45, 7) is 9.77. The molecule has 3 heteroatoms. The van der Waals surface area contributed by atoms with Gasteiger partial charge >= 0.3 is 0 Å². The highest BCUT2D eigenvalue weighted by Crippen LogP contribution is 2.28. The largest absolute Gasteiger partial charge is 0.491 e. The molecule has 0 saturated heterocycles. The zero-order valence-corrected chi connectivity index (χ0v) is 12.0. The van der Waals surface area contributed by atoms with Crippen molar-refractivity contribution in [3.63, 3.8) is 0 Å². The lowest BCUT2D eigenvalue weighted by atomic mass is 10.0. The zero-order valence-electron chi connectivity index (χ0n) is 12.0. The SMILES string of the molecule is C=CCc1cccc(C(C)N)c1OCCOCCC. The number of benzene rings is 1. The molecule has 1 aromatic carbocycles. The molecule has 0 saturated carbocycles. The number of rotatable bonds is 9. The predicted molar refractivity (Wildman–Crippen MR) is 79.6 cm³/mol. The van der Waals surface area contributed by atoms with E-state index in [-0.39, 0.29) is 6.04 Å². The van der Waals surface area contributed by atoms with Crippen LogP contribution < -0.4 is 10.5 Å². The summed E-state index contributed by atoms with van der Waals surface area (Å²) in [5.74, 6) is 0.887. The molecule has 0 bridgehead atoms. The standard InChI is InChI=1S/C16H25NO2/c1-4-7-14-8-6-9-15(13(3)17)16(14)19-12-11-18-10-5-2/h4,6,8-9,13H,1,5,7,10-12,17H2,2-3H3. The number of nitrogens with two attached hydrogens (primary N) is 1. The third kappa shape index (κ3) is 5.05. The van der Waals surface area contributed by atoms with E-state index in [0.29, 0.717) is 13.2 Å². The second-order valence-electron chi connectivity index (χ2n) is 4.58. The summed E-state index contributed by atoms with van der Waals surface area (Å²) in [5.41, 5.74) is 8.16. The van der Waals surface area contributed by atoms with Crippen LogP contribution in [0.3, 0.4) is 0 Å². The Morgan fingerprint density at radius 2 is 2.11 bits per heavy atom. The van der Waals surface area contributed by atoms with Crippen LogP contribution in [0.5, 0.6) is 5.75 Å². The Bertz CT molecular complexity index is 388. The fraction of sp³-hybridized carbons (Fsp3) is 0.500. The summed E-state index contributed by atoms with van der Waals surface area (Å²) < 4.78 is 11.3. The van der Waals surface area contributed by atoms with Crippen molar-refractivity contribution in [2.45, 2.75) is 32.7 Å². The Kier molecular flexibility index (Phi) is 7.23. The molecule has 3 nitrogen and oxygen atoms in total. The molecule has 0 aliphatic heterocycles. The average molecular weight is 263 g/mol. The van der Waals surface area contributed by atoms with E-state index in [1.807, 2.05) is 25.1 Å². The molecule has 0 aliphatic carbocycles. The lowest BCUT2D eigenvalue weighted by Crippen LogP contribution is -2.13. The Balaban J connectivity index is 2.73. The first-order valence-electron chi connectivity index (χ1n) is 6.89. The van der Waals surface area contributed by atoms with Crippen molar-refractivity contribution in [2.75, 3.05) is 19.8 Å². The summed E-state index contributed by atoms with van der Waals surface area (Å²) >= 11 is 0. The maximum absolute atomic E-state index is 5.99. The Hall–Kier alpha value is -1.32. The number of ether oxygens (including phenoxy) is 2. The Labute approximate surface area is 116 Å². The van der Waals surface area contributed by atoms with Crippen molar-refractivity contribution >= 4 is 0 Å². The average Bonchev–Trinajstić information content (AvgIpc) is 2.40. The minimum atomic E-state index is -0.0451. The van der Waals surface area contributed by atoms with E-state index in [9.17, 15) is 0 Å². The molecular weight excluding hydrogens is 238 g/mol. The molecule has 0 radical (unpaired) electrons. The van der Waals surface area contributed by atoms with Crippen molar-refractivity contribution in [3.05, 3.63) is 42.0 Å². The molecule has 1 aromatic rings. The molecule has 0 amide bonds. The van der Waals surface area contributed by atoms with Gasteiger partial charge in [0.2, 0.25) is 0 Å². The highest BCUT2D eigenvalue weighted by atomic mass is 16.5. The van der Waals surface area contributed by atoms with Crippen LogP contribution in [-0.4, -0.2) is 19.8 Å². The molecule has 0 aromatic heterocycles. The first-order valence-corrected chi connectivity index (χ1v) is 6.89. The molecule has 1 rings (SSSR count). The van der Waals surface area contributed by atoms with Gasteiger partial charge in [-0.25, -0.2) is 0 Å². The molecular formula is C16H25NO2. The van der Waals surface area contributed by atoms with Gasteiger partial charge in [0.25, 0.3) is 0 Å². The summed E-state index contributed by atoms with van der Waals surface area (Å²) in [4.78, 5) is 0. The van der Waals surface area contributed by atoms with Gasteiger partial charge in [0.1, 0.15) is 12.4 Å². The van der Waals surface area contributed by atoms with Crippen LogP contribution in [0.4, 0.5) is 0 Å². The molecule has 0 heterocycles. The van der Waals surface area contributed by atoms with E-state index in [2.05, 4.69) is 19.6 Å². The van der Waals surface area contributed by atoms with Crippen molar-refractivity contribution in [2.24, 2.45) is 5.73 Å². The van der Waals surface area contributed by atoms with Gasteiger partial charge in [0.05, 0.1) is 6.61 Å². The molecule has 19 heavy (non-hydrogen) atoms. The van der Waals surface area contributed by atoms with E-state index in [1.54, 1.807) is 0 Å². The second kappa shape index (κ2) is 8.73. The first-order chi connectivity index (χ1) is 9.20. The molecule has 1 atom stereocenters. The number of allylic oxidation sites excluding steroid dienone is 1. The summed E-state index contributed by atoms with van der Waals surface area (Å²) in [6, 6.07) is 6.03. The van der Waals surface area contributed by atoms with Gasteiger partial charge in [0.15, 0.2) is 0 Å². The zero-order chi connectivity index (χ0) is 14.1. The number of hydrogen-bond donors (Lipinski definition) is 1. The maximum Gasteiger partial charge on any atom is 0.127 e. The number of hydrogen-bond acceptors (Lipinski definition) is 3. The van der Waals surface area contributed by atoms with E-state index in [0.717, 1.165) is 36.3 Å². The van der Waals surface area contributed by atoms with E-state index in [1.165, 1.54) is 0 Å². The van der Waals surface area contributed by atoms with Gasteiger partial charge in [-0.3, -0.25) is 0 Å². The van der Waals surface area contributed by atoms with E-state index < -0.39 is 0 Å². The van der Waals surface area contributed by atoms with Gasteiger partial charge < -0.3 is 15.2 Å². The molecule has 106 valence electrons.